The molecule has 1 aromatic rings. The van der Waals surface area contributed by atoms with Crippen molar-refractivity contribution in [2.45, 2.75) is 51.4 Å². The minimum absolute atomic E-state index is 0.739. The van der Waals surface area contributed by atoms with Gasteiger partial charge in [-0.15, -0.1) is 0 Å². The summed E-state index contributed by atoms with van der Waals surface area (Å²) < 4.78 is 0. The molecule has 1 aromatic heterocycles. The maximum absolute atomic E-state index is 10.1. The summed E-state index contributed by atoms with van der Waals surface area (Å²) in [6.07, 6.45) is 14.5. The van der Waals surface area contributed by atoms with Crippen molar-refractivity contribution in [2.75, 3.05) is 0 Å². The number of nitrogens with one attached hydrogen (secondary N) is 1. The van der Waals surface area contributed by atoms with E-state index in [4.69, 9.17) is 0 Å². The third-order valence-corrected chi connectivity index (χ3v) is 2.70. The molecule has 1 heterocycles. The van der Waals surface area contributed by atoms with Crippen molar-refractivity contribution in [3.63, 3.8) is 0 Å². The highest BCUT2D eigenvalue weighted by atomic mass is 16.1. The van der Waals surface area contributed by atoms with Crippen LogP contribution in [0.5, 0.6) is 0 Å². The Morgan fingerprint density at radius 2 is 1.80 bits per heavy atom. The molecule has 0 spiro atoms. The van der Waals surface area contributed by atoms with E-state index >= 15 is 0 Å². The molecule has 1 N–H and O–H groups in total. The van der Waals surface area contributed by atoms with E-state index in [9.17, 15) is 4.79 Å². The first-order valence-electron chi connectivity index (χ1n) is 5.99. The van der Waals surface area contributed by atoms with Crippen LogP contribution in [-0.2, 0) is 11.2 Å². The molecule has 0 aliphatic carbocycles. The molecule has 0 amide bonds. The lowest BCUT2D eigenvalue weighted by Gasteiger charge is -1.99. The minimum Gasteiger partial charge on any atom is -0.367 e. The second kappa shape index (κ2) is 8.27. The lowest BCUT2D eigenvalue weighted by molar-refractivity contribution is -0.107. The molecular weight excluding hydrogens is 186 g/mol. The van der Waals surface area contributed by atoms with E-state index in [1.54, 1.807) is 0 Å². The third-order valence-electron chi connectivity index (χ3n) is 2.70. The smallest absolute Gasteiger partial charge is 0.119 e. The van der Waals surface area contributed by atoms with E-state index < -0.39 is 0 Å². The van der Waals surface area contributed by atoms with Crippen molar-refractivity contribution < 1.29 is 4.79 Å². The van der Waals surface area contributed by atoms with E-state index in [1.165, 1.54) is 44.1 Å². The van der Waals surface area contributed by atoms with E-state index in [-0.39, 0.29) is 0 Å². The summed E-state index contributed by atoms with van der Waals surface area (Å²) in [5.74, 6) is 0. The SMILES string of the molecule is O=CCCCCCCCCc1cc[nH]c1. The van der Waals surface area contributed by atoms with Crippen LogP contribution in [0.25, 0.3) is 0 Å². The van der Waals surface area contributed by atoms with Crippen molar-refractivity contribution in [2.24, 2.45) is 0 Å². The average Bonchev–Trinajstić information content (AvgIpc) is 2.75. The Kier molecular flexibility index (Phi) is 6.63. The van der Waals surface area contributed by atoms with Crippen LogP contribution in [0.1, 0.15) is 50.5 Å². The van der Waals surface area contributed by atoms with Gasteiger partial charge in [0.25, 0.3) is 0 Å². The Balaban J connectivity index is 1.83. The first-order chi connectivity index (χ1) is 7.43. The Morgan fingerprint density at radius 1 is 1.07 bits per heavy atom. The second-order valence-corrected chi connectivity index (χ2v) is 4.05. The number of aromatic nitrogens is 1. The van der Waals surface area contributed by atoms with Crippen molar-refractivity contribution in [1.82, 2.24) is 4.98 Å². The van der Waals surface area contributed by atoms with Crippen molar-refractivity contribution >= 4 is 6.29 Å². The van der Waals surface area contributed by atoms with Crippen molar-refractivity contribution in [3.8, 4) is 0 Å². The molecule has 0 atom stereocenters. The molecule has 15 heavy (non-hydrogen) atoms. The van der Waals surface area contributed by atoms with Gasteiger partial charge in [0.1, 0.15) is 6.29 Å². The molecule has 0 saturated carbocycles. The predicted octanol–water partition coefficient (Wildman–Crippen LogP) is 3.49. The van der Waals surface area contributed by atoms with Crippen molar-refractivity contribution in [1.29, 1.82) is 0 Å². The Bertz CT molecular complexity index is 241. The van der Waals surface area contributed by atoms with E-state index in [0.29, 0.717) is 0 Å². The molecule has 2 nitrogen and oxygen atoms in total. The molecule has 84 valence electrons. The normalized spacial score (nSPS) is 10.4. The maximum atomic E-state index is 10.1. The first-order valence-corrected chi connectivity index (χ1v) is 5.99. The van der Waals surface area contributed by atoms with Gasteiger partial charge in [-0.05, 0) is 30.9 Å². The van der Waals surface area contributed by atoms with Crippen LogP contribution in [0, 0.1) is 0 Å². The molecule has 1 rings (SSSR count). The van der Waals surface area contributed by atoms with E-state index in [2.05, 4.69) is 17.2 Å². The molecule has 0 fully saturated rings. The van der Waals surface area contributed by atoms with Crippen LogP contribution in [0.15, 0.2) is 18.5 Å². The lowest BCUT2D eigenvalue weighted by atomic mass is 10.1. The van der Waals surface area contributed by atoms with Gasteiger partial charge in [0.05, 0.1) is 0 Å². The number of carbonyl (C=O) groups excluding carboxylic acids is 1. The molecule has 0 saturated heterocycles. The van der Waals surface area contributed by atoms with Crippen LogP contribution >= 0.6 is 0 Å². The zero-order valence-electron chi connectivity index (χ0n) is 9.37. The molecule has 0 aliphatic heterocycles. The summed E-state index contributed by atoms with van der Waals surface area (Å²) in [7, 11) is 0. The summed E-state index contributed by atoms with van der Waals surface area (Å²) in [6, 6.07) is 2.14. The first kappa shape index (κ1) is 12.0. The van der Waals surface area contributed by atoms with Gasteiger partial charge in [0.15, 0.2) is 0 Å². The van der Waals surface area contributed by atoms with Gasteiger partial charge < -0.3 is 9.78 Å². The fourth-order valence-corrected chi connectivity index (χ4v) is 1.78. The maximum Gasteiger partial charge on any atom is 0.119 e. The summed E-state index contributed by atoms with van der Waals surface area (Å²) in [5.41, 5.74) is 1.41. The highest BCUT2D eigenvalue weighted by Gasteiger charge is 1.94. The van der Waals surface area contributed by atoms with Gasteiger partial charge in [-0.25, -0.2) is 0 Å². The number of rotatable bonds is 9. The summed E-state index contributed by atoms with van der Waals surface area (Å²) in [4.78, 5) is 13.1. The topological polar surface area (TPSA) is 32.9 Å². The fourth-order valence-electron chi connectivity index (χ4n) is 1.78. The van der Waals surface area contributed by atoms with Gasteiger partial charge in [-0.3, -0.25) is 0 Å². The minimum atomic E-state index is 0.739. The lowest BCUT2D eigenvalue weighted by Crippen LogP contribution is -1.84. The van der Waals surface area contributed by atoms with Crippen LogP contribution in [0.4, 0.5) is 0 Å². The molecule has 0 aromatic carbocycles. The fraction of sp³-hybridized carbons (Fsp3) is 0.615. The third kappa shape index (κ3) is 6.10. The van der Waals surface area contributed by atoms with E-state index in [0.717, 1.165) is 19.1 Å². The summed E-state index contributed by atoms with van der Waals surface area (Å²) in [5, 5.41) is 0. The average molecular weight is 207 g/mol. The van der Waals surface area contributed by atoms with Gasteiger partial charge in [-0.1, -0.05) is 25.7 Å². The number of aromatic amines is 1. The molecule has 0 bridgehead atoms. The second-order valence-electron chi connectivity index (χ2n) is 4.05. The molecule has 0 unspecified atom stereocenters. The van der Waals surface area contributed by atoms with Gasteiger partial charge in [-0.2, -0.15) is 0 Å². The van der Waals surface area contributed by atoms with Gasteiger partial charge in [0.2, 0.25) is 0 Å². The number of H-pyrrole nitrogens is 1. The number of aldehydes is 1. The molecular formula is C13H21NO. The highest BCUT2D eigenvalue weighted by Crippen LogP contribution is 2.09. The number of hydrogen-bond donors (Lipinski definition) is 1. The van der Waals surface area contributed by atoms with Gasteiger partial charge >= 0.3 is 0 Å². The predicted molar refractivity (Wildman–Crippen MR) is 62.9 cm³/mol. The zero-order valence-corrected chi connectivity index (χ0v) is 9.37. The Morgan fingerprint density at radius 3 is 2.47 bits per heavy atom. The Hall–Kier alpha value is -1.05. The Labute approximate surface area is 92.1 Å². The summed E-state index contributed by atoms with van der Waals surface area (Å²) in [6.45, 7) is 0. The monoisotopic (exact) mass is 207 g/mol. The molecule has 0 aliphatic rings. The largest absolute Gasteiger partial charge is 0.367 e. The van der Waals surface area contributed by atoms with Gasteiger partial charge in [0, 0.05) is 18.8 Å². The van der Waals surface area contributed by atoms with Crippen LogP contribution in [0.2, 0.25) is 0 Å². The highest BCUT2D eigenvalue weighted by molar-refractivity contribution is 5.48. The number of carbonyl (C=O) groups is 1. The standard InChI is InChI=1S/C13H21NO/c15-11-7-5-3-1-2-4-6-8-13-9-10-14-12-13/h9-12,14H,1-8H2. The molecule has 2 heteroatoms. The van der Waals surface area contributed by atoms with Crippen molar-refractivity contribution in [3.05, 3.63) is 24.0 Å². The quantitative estimate of drug-likeness (QED) is 0.488. The number of hydrogen-bond acceptors (Lipinski definition) is 1. The van der Waals surface area contributed by atoms with Crippen LogP contribution < -0.4 is 0 Å². The summed E-state index contributed by atoms with van der Waals surface area (Å²) >= 11 is 0. The number of unbranched alkanes of at least 4 members (excludes halogenated alkanes) is 6. The van der Waals surface area contributed by atoms with E-state index in [1.807, 2.05) is 6.20 Å². The zero-order chi connectivity index (χ0) is 10.8. The van der Waals surface area contributed by atoms with Crippen LogP contribution in [-0.4, -0.2) is 11.3 Å². The van der Waals surface area contributed by atoms with Crippen LogP contribution in [0.3, 0.4) is 0 Å². The number of aryl methyl sites for hydroxylation is 1. The molecule has 0 radical (unpaired) electrons.